The molecular weight excluding hydrogens is 549 g/mol. The van der Waals surface area contributed by atoms with Crippen molar-refractivity contribution in [3.8, 4) is 0 Å². The molecule has 12 heteroatoms. The van der Waals surface area contributed by atoms with E-state index in [0.29, 0.717) is 51.6 Å². The molecule has 1 aliphatic heterocycles. The van der Waals surface area contributed by atoms with Crippen molar-refractivity contribution in [2.24, 2.45) is 0 Å². The molecule has 1 unspecified atom stereocenters. The fourth-order valence-corrected chi connectivity index (χ4v) is 5.08. The van der Waals surface area contributed by atoms with E-state index >= 15 is 0 Å². The number of aryl methyl sites for hydroxylation is 2. The second kappa shape index (κ2) is 14.1. The van der Waals surface area contributed by atoms with Crippen LogP contribution in [0.3, 0.4) is 0 Å². The Balaban J connectivity index is 0.00000253. The quantitative estimate of drug-likeness (QED) is 0.295. The molecule has 0 aliphatic carbocycles. The monoisotopic (exact) mass is 572 g/mol. The molecule has 188 valence electrons. The topological polar surface area (TPSA) is 122 Å². The second-order valence-electron chi connectivity index (χ2n) is 8.64. The van der Waals surface area contributed by atoms with Crippen LogP contribution in [0.2, 0.25) is 5.02 Å². The van der Waals surface area contributed by atoms with E-state index in [1.165, 1.54) is 11.0 Å². The van der Waals surface area contributed by atoms with Crippen molar-refractivity contribution in [1.29, 1.82) is 0 Å². The summed E-state index contributed by atoms with van der Waals surface area (Å²) >= 11 is 6.13. The van der Waals surface area contributed by atoms with Crippen LogP contribution < -0.4 is 79.1 Å². The molecule has 0 bridgehead atoms. The van der Waals surface area contributed by atoms with Gasteiger partial charge in [0.05, 0.1) is 13.9 Å². The number of rotatable bonds is 5. The van der Waals surface area contributed by atoms with Gasteiger partial charge >= 0.3 is 59.1 Å². The number of fused-ring (bicyclic) bond motifs is 1. The van der Waals surface area contributed by atoms with Gasteiger partial charge in [0.1, 0.15) is 0 Å². The summed E-state index contributed by atoms with van der Waals surface area (Å²) in [6.45, 7) is 3.92. The zero-order valence-corrected chi connectivity index (χ0v) is 27.3. The molecular formula is C26H24ClN2Na2O6P. The Morgan fingerprint density at radius 2 is 1.71 bits per heavy atom. The number of hydrogen-bond donors (Lipinski definition) is 1. The van der Waals surface area contributed by atoms with Crippen molar-refractivity contribution in [3.63, 3.8) is 0 Å². The molecule has 0 fully saturated rings. The van der Waals surface area contributed by atoms with Gasteiger partial charge < -0.3 is 29.1 Å². The third kappa shape index (κ3) is 8.03. The van der Waals surface area contributed by atoms with Crippen LogP contribution in [-0.4, -0.2) is 18.4 Å². The van der Waals surface area contributed by atoms with Gasteiger partial charge in [0.2, 0.25) is 0 Å². The normalized spacial score (nSPS) is 14.9. The molecule has 4 rings (SSSR count). The number of phosphoric ester groups is 1. The molecule has 1 atom stereocenters. The molecule has 0 spiro atoms. The minimum Gasteiger partial charge on any atom is -0.790 e. The maximum Gasteiger partial charge on any atom is 1.00 e. The number of anilines is 2. The third-order valence-corrected chi connectivity index (χ3v) is 6.83. The molecule has 0 aromatic heterocycles. The molecule has 1 aliphatic rings. The van der Waals surface area contributed by atoms with Crippen molar-refractivity contribution in [2.45, 2.75) is 32.8 Å². The summed E-state index contributed by atoms with van der Waals surface area (Å²) in [7, 11) is -5.26. The van der Waals surface area contributed by atoms with Crippen LogP contribution in [0.4, 0.5) is 11.4 Å². The fourth-order valence-electron chi connectivity index (χ4n) is 4.37. The van der Waals surface area contributed by atoms with Gasteiger partial charge in [-0.2, -0.15) is 0 Å². The Morgan fingerprint density at radius 3 is 2.37 bits per heavy atom. The molecule has 1 N–H and O–H groups in total. The van der Waals surface area contributed by atoms with E-state index in [-0.39, 0.29) is 77.3 Å². The van der Waals surface area contributed by atoms with E-state index in [0.717, 1.165) is 5.56 Å². The van der Waals surface area contributed by atoms with Crippen LogP contribution in [0.1, 0.15) is 56.4 Å². The number of benzene rings is 3. The number of halogens is 1. The van der Waals surface area contributed by atoms with E-state index in [9.17, 15) is 23.9 Å². The number of nitrogens with zero attached hydrogens (tertiary/aromatic N) is 1. The molecule has 1 heterocycles. The summed E-state index contributed by atoms with van der Waals surface area (Å²) < 4.78 is 16.1. The number of nitrogens with one attached hydrogen (secondary N) is 1. The number of hydrogen-bond acceptors (Lipinski definition) is 6. The minimum absolute atomic E-state index is 0. The first-order valence-corrected chi connectivity index (χ1v) is 13.2. The largest absolute Gasteiger partial charge is 1.00 e. The van der Waals surface area contributed by atoms with Gasteiger partial charge in [0.15, 0.2) is 0 Å². The van der Waals surface area contributed by atoms with Gasteiger partial charge in [-0.1, -0.05) is 29.8 Å². The van der Waals surface area contributed by atoms with E-state index in [4.69, 9.17) is 16.1 Å². The van der Waals surface area contributed by atoms with Gasteiger partial charge in [-0.25, -0.2) is 0 Å². The Hall–Kier alpha value is -1.000. The SMILES string of the molecule is Cc1ccccc1C(=O)Nc1ccc(C(=O)N2CCCC(OP(=O)([O-])[O-])c3cc(Cl)ccc32)c(C)c1.[Na+].[Na+]. The molecule has 38 heavy (non-hydrogen) atoms. The molecule has 3 aromatic rings. The second-order valence-corrected chi connectivity index (χ2v) is 10.2. The Bertz CT molecular complexity index is 1380. The summed E-state index contributed by atoms with van der Waals surface area (Å²) in [5.41, 5.74) is 3.83. The summed E-state index contributed by atoms with van der Waals surface area (Å²) in [4.78, 5) is 50.4. The van der Waals surface area contributed by atoms with E-state index in [1.807, 2.05) is 19.1 Å². The third-order valence-electron chi connectivity index (χ3n) is 6.08. The maximum atomic E-state index is 13.6. The van der Waals surface area contributed by atoms with Gasteiger partial charge in [-0.3, -0.25) is 9.59 Å². The Kier molecular flexibility index (Phi) is 12.3. The van der Waals surface area contributed by atoms with Gasteiger partial charge in [-0.05, 0) is 80.3 Å². The van der Waals surface area contributed by atoms with Crippen LogP contribution >= 0.6 is 19.4 Å². The first-order valence-electron chi connectivity index (χ1n) is 11.3. The first kappa shape index (κ1) is 33.2. The van der Waals surface area contributed by atoms with Crippen LogP contribution in [0.25, 0.3) is 0 Å². The number of phosphoric acid groups is 1. The van der Waals surface area contributed by atoms with Crippen molar-refractivity contribution >= 4 is 42.6 Å². The van der Waals surface area contributed by atoms with E-state index < -0.39 is 13.9 Å². The van der Waals surface area contributed by atoms with Gasteiger partial charge in [0, 0.05) is 39.6 Å². The summed E-state index contributed by atoms with van der Waals surface area (Å²) in [5, 5.41) is 3.19. The molecule has 8 nitrogen and oxygen atoms in total. The van der Waals surface area contributed by atoms with Crippen molar-refractivity contribution in [2.75, 3.05) is 16.8 Å². The van der Waals surface area contributed by atoms with Crippen LogP contribution in [-0.2, 0) is 9.09 Å². The average Bonchev–Trinajstić information content (AvgIpc) is 2.97. The molecule has 0 saturated carbocycles. The molecule has 2 amide bonds. The number of amides is 2. The van der Waals surface area contributed by atoms with Gasteiger partial charge in [-0.15, -0.1) is 0 Å². The smallest absolute Gasteiger partial charge is 0.790 e. The standard InChI is InChI=1S/C26H26ClN2O6P.2Na/c1-16-6-3-4-7-20(16)25(30)28-19-10-11-21(17(2)14-19)26(31)29-13-5-8-24(35-36(32,33)34)22-15-18(27)9-12-23(22)29;;/h3-4,6-7,9-12,14-15,24H,5,8,13H2,1-2H3,(H,28,30)(H2,32,33,34);;/q;2*+1/p-2. The minimum atomic E-state index is -5.26. The predicted octanol–water partition coefficient (Wildman–Crippen LogP) is -1.46. The van der Waals surface area contributed by atoms with Crippen LogP contribution in [0.5, 0.6) is 0 Å². The summed E-state index contributed by atoms with van der Waals surface area (Å²) in [6.07, 6.45) is -0.390. The molecule has 3 aromatic carbocycles. The van der Waals surface area contributed by atoms with Crippen LogP contribution in [0.15, 0.2) is 60.7 Å². The van der Waals surface area contributed by atoms with Crippen LogP contribution in [0, 0.1) is 13.8 Å². The maximum absolute atomic E-state index is 13.6. The number of carbonyl (C=O) groups is 2. The van der Waals surface area contributed by atoms with E-state index in [2.05, 4.69) is 5.32 Å². The molecule has 0 saturated heterocycles. The zero-order valence-electron chi connectivity index (χ0n) is 21.7. The fraction of sp³-hybridized carbons (Fsp3) is 0.231. The molecule has 0 radical (unpaired) electrons. The number of carbonyl (C=O) groups excluding carboxylic acids is 2. The van der Waals surface area contributed by atoms with Gasteiger partial charge in [0.25, 0.3) is 11.8 Å². The Labute approximate surface area is 270 Å². The summed E-state index contributed by atoms with van der Waals surface area (Å²) in [5.74, 6) is -0.550. The Morgan fingerprint density at radius 1 is 1.00 bits per heavy atom. The first-order chi connectivity index (χ1) is 17.0. The zero-order chi connectivity index (χ0) is 26.0. The summed E-state index contributed by atoms with van der Waals surface area (Å²) in [6, 6.07) is 17.0. The van der Waals surface area contributed by atoms with Crippen molar-refractivity contribution < 1.29 is 87.6 Å². The predicted molar refractivity (Wildman–Crippen MR) is 134 cm³/mol. The average molecular weight is 573 g/mol. The van der Waals surface area contributed by atoms with Crippen molar-refractivity contribution in [1.82, 2.24) is 0 Å². The van der Waals surface area contributed by atoms with Crippen molar-refractivity contribution in [3.05, 3.63) is 93.5 Å². The van der Waals surface area contributed by atoms with E-state index in [1.54, 1.807) is 49.4 Å².